The van der Waals surface area contributed by atoms with Gasteiger partial charge in [-0.3, -0.25) is 19.3 Å². The van der Waals surface area contributed by atoms with Gasteiger partial charge >= 0.3 is 5.97 Å². The molecule has 3 atom stereocenters. The van der Waals surface area contributed by atoms with E-state index >= 15 is 0 Å². The van der Waals surface area contributed by atoms with E-state index in [9.17, 15) is 19.2 Å². The van der Waals surface area contributed by atoms with Crippen LogP contribution in [0.2, 0.25) is 0 Å². The molecule has 1 heterocycles. The van der Waals surface area contributed by atoms with Gasteiger partial charge in [-0.05, 0) is 80.0 Å². The van der Waals surface area contributed by atoms with Crippen molar-refractivity contribution in [3.05, 3.63) is 95.1 Å². The summed E-state index contributed by atoms with van der Waals surface area (Å²) in [5.41, 5.74) is 4.27. The molecule has 0 aromatic heterocycles. The van der Waals surface area contributed by atoms with Crippen molar-refractivity contribution < 1.29 is 23.9 Å². The summed E-state index contributed by atoms with van der Waals surface area (Å²) in [5.74, 6) is -2.07. The highest BCUT2D eigenvalue weighted by atomic mass is 16.5. The molecule has 1 aliphatic heterocycles. The lowest BCUT2D eigenvalue weighted by Crippen LogP contribution is -2.31. The molecule has 3 amide bonds. The fourth-order valence-corrected chi connectivity index (χ4v) is 5.50. The Morgan fingerprint density at radius 2 is 1.66 bits per heavy atom. The summed E-state index contributed by atoms with van der Waals surface area (Å²) >= 11 is 0. The van der Waals surface area contributed by atoms with Crippen LogP contribution in [0.25, 0.3) is 0 Å². The number of nitrogens with zero attached hydrogens (tertiary/aromatic N) is 1. The van der Waals surface area contributed by atoms with E-state index in [1.54, 1.807) is 12.1 Å². The van der Waals surface area contributed by atoms with Crippen molar-refractivity contribution in [3.8, 4) is 0 Å². The van der Waals surface area contributed by atoms with Crippen LogP contribution in [0.5, 0.6) is 0 Å². The van der Waals surface area contributed by atoms with E-state index in [2.05, 4.69) is 17.4 Å². The Hall–Kier alpha value is -4.26. The molecule has 0 bridgehead atoms. The summed E-state index contributed by atoms with van der Waals surface area (Å²) in [5, 5.41) is 2.76. The number of amides is 3. The first-order valence-corrected chi connectivity index (χ1v) is 12.9. The lowest BCUT2D eigenvalue weighted by molar-refractivity contribution is -0.122. The number of fused-ring (bicyclic) bond motifs is 1. The summed E-state index contributed by atoms with van der Waals surface area (Å²) in [4.78, 5) is 52.9. The van der Waals surface area contributed by atoms with Crippen molar-refractivity contribution in [2.45, 2.75) is 39.0 Å². The summed E-state index contributed by atoms with van der Waals surface area (Å²) in [7, 11) is 0. The molecule has 3 aromatic carbocycles. The van der Waals surface area contributed by atoms with E-state index in [-0.39, 0.29) is 35.1 Å². The Morgan fingerprint density at radius 3 is 2.45 bits per heavy atom. The molecule has 1 N–H and O–H groups in total. The maximum atomic E-state index is 13.4. The van der Waals surface area contributed by atoms with E-state index in [1.165, 1.54) is 22.6 Å². The lowest BCUT2D eigenvalue weighted by atomic mass is 9.73. The zero-order valence-electron chi connectivity index (χ0n) is 21.5. The summed E-state index contributed by atoms with van der Waals surface area (Å²) in [6.45, 7) is 3.35. The number of hydrogen-bond acceptors (Lipinski definition) is 5. The van der Waals surface area contributed by atoms with Gasteiger partial charge in [-0.25, -0.2) is 4.79 Å². The van der Waals surface area contributed by atoms with Crippen molar-refractivity contribution in [1.29, 1.82) is 0 Å². The smallest absolute Gasteiger partial charge is 0.338 e. The Labute approximate surface area is 221 Å². The molecule has 0 radical (unpaired) electrons. The van der Waals surface area contributed by atoms with Crippen LogP contribution in [0.3, 0.4) is 0 Å². The number of imide groups is 1. The zero-order valence-corrected chi connectivity index (χ0v) is 21.5. The molecule has 7 nitrogen and oxygen atoms in total. The topological polar surface area (TPSA) is 92.8 Å². The molecule has 3 aromatic rings. The number of aryl methyl sites for hydroxylation is 2. The molecule has 7 heteroatoms. The number of carbonyl (C=O) groups is 4. The van der Waals surface area contributed by atoms with Gasteiger partial charge in [0.25, 0.3) is 5.91 Å². The Bertz CT molecular complexity index is 1400. The van der Waals surface area contributed by atoms with E-state index < -0.39 is 18.5 Å². The second-order valence-corrected chi connectivity index (χ2v) is 10.1. The maximum Gasteiger partial charge on any atom is 0.338 e. The second kappa shape index (κ2) is 10.6. The van der Waals surface area contributed by atoms with Gasteiger partial charge in [0, 0.05) is 5.69 Å². The third-order valence-corrected chi connectivity index (χ3v) is 7.54. The number of ether oxygens (including phenoxy) is 1. The highest BCUT2D eigenvalue weighted by Crippen LogP contribution is 2.45. The Balaban J connectivity index is 1.25. The van der Waals surface area contributed by atoms with Crippen LogP contribution in [-0.2, 0) is 19.1 Å². The number of benzene rings is 3. The highest BCUT2D eigenvalue weighted by molar-refractivity contribution is 6.22. The predicted octanol–water partition coefficient (Wildman–Crippen LogP) is 5.17. The third-order valence-electron chi connectivity index (χ3n) is 7.54. The highest BCUT2D eigenvalue weighted by Gasteiger charge is 2.50. The van der Waals surface area contributed by atoms with E-state index in [0.29, 0.717) is 24.2 Å². The van der Waals surface area contributed by atoms with Crippen LogP contribution in [0.4, 0.5) is 11.4 Å². The number of hydrogen-bond donors (Lipinski definition) is 1. The van der Waals surface area contributed by atoms with Gasteiger partial charge in [-0.1, -0.05) is 48.5 Å². The van der Waals surface area contributed by atoms with Crippen molar-refractivity contribution in [1.82, 2.24) is 0 Å². The number of anilines is 2. The fraction of sp³-hybridized carbons (Fsp3) is 0.290. The first-order chi connectivity index (χ1) is 18.3. The van der Waals surface area contributed by atoms with Crippen LogP contribution in [0, 0.1) is 25.7 Å². The van der Waals surface area contributed by atoms with Gasteiger partial charge in [0.2, 0.25) is 11.8 Å². The van der Waals surface area contributed by atoms with Crippen molar-refractivity contribution in [2.75, 3.05) is 16.8 Å². The van der Waals surface area contributed by atoms with Crippen LogP contribution < -0.4 is 10.2 Å². The van der Waals surface area contributed by atoms with Crippen LogP contribution in [0.1, 0.15) is 52.2 Å². The molecule has 38 heavy (non-hydrogen) atoms. The second-order valence-electron chi connectivity index (χ2n) is 10.1. The first-order valence-electron chi connectivity index (χ1n) is 12.9. The van der Waals surface area contributed by atoms with E-state index in [0.717, 1.165) is 17.5 Å². The summed E-state index contributed by atoms with van der Waals surface area (Å²) in [6, 6.07) is 22.1. The fourth-order valence-electron chi connectivity index (χ4n) is 5.50. The van der Waals surface area contributed by atoms with Gasteiger partial charge in [-0.15, -0.1) is 0 Å². The van der Waals surface area contributed by atoms with Gasteiger partial charge in [0.15, 0.2) is 6.61 Å². The molecule has 2 aliphatic rings. The normalized spacial score (nSPS) is 20.7. The van der Waals surface area contributed by atoms with Gasteiger partial charge in [0.05, 0.1) is 23.1 Å². The Kier molecular flexibility index (Phi) is 7.09. The van der Waals surface area contributed by atoms with Crippen molar-refractivity contribution in [3.63, 3.8) is 0 Å². The number of nitrogens with one attached hydrogen (secondary N) is 1. The molecule has 2 fully saturated rings. The lowest BCUT2D eigenvalue weighted by Gasteiger charge is -2.28. The van der Waals surface area contributed by atoms with Crippen LogP contribution >= 0.6 is 0 Å². The minimum Gasteiger partial charge on any atom is -0.452 e. The molecule has 1 saturated heterocycles. The molecular weight excluding hydrogens is 480 g/mol. The first kappa shape index (κ1) is 25.4. The van der Waals surface area contributed by atoms with Crippen molar-refractivity contribution in [2.24, 2.45) is 11.8 Å². The monoisotopic (exact) mass is 510 g/mol. The summed E-state index contributed by atoms with van der Waals surface area (Å²) < 4.78 is 5.22. The molecule has 1 saturated carbocycles. The quantitative estimate of drug-likeness (QED) is 0.365. The van der Waals surface area contributed by atoms with Gasteiger partial charge in [0.1, 0.15) is 0 Å². The molecule has 0 spiro atoms. The minimum atomic E-state index is -0.705. The molecule has 0 unspecified atom stereocenters. The van der Waals surface area contributed by atoms with Crippen molar-refractivity contribution >= 4 is 35.1 Å². The van der Waals surface area contributed by atoms with Crippen LogP contribution in [0.15, 0.2) is 72.8 Å². The average molecular weight is 511 g/mol. The largest absolute Gasteiger partial charge is 0.452 e. The zero-order chi connectivity index (χ0) is 26.8. The van der Waals surface area contributed by atoms with Crippen LogP contribution in [-0.4, -0.2) is 30.3 Å². The SMILES string of the molecule is Cc1ccc(C)c(NC(=O)COC(=O)c2cccc(N3C(=O)[C@@H]4CC[C@@H](c5ccccc5)C[C@H]4C3=O)c2)c1. The molecule has 5 rings (SSSR count). The molecular formula is C31H30N2O5. The molecule has 1 aliphatic carbocycles. The Morgan fingerprint density at radius 1 is 0.895 bits per heavy atom. The predicted molar refractivity (Wildman–Crippen MR) is 144 cm³/mol. The maximum absolute atomic E-state index is 13.4. The van der Waals surface area contributed by atoms with Gasteiger partial charge in [-0.2, -0.15) is 0 Å². The standard InChI is InChI=1S/C31H30N2O5/c1-19-11-12-20(2)27(15-19)32-28(34)18-38-31(37)23-9-6-10-24(16-23)33-29(35)25-14-13-22(17-26(25)30(33)36)21-7-4-3-5-8-21/h3-12,15-16,22,25-26H,13-14,17-18H2,1-2H3,(H,32,34)/t22-,25-,26-/m1/s1. The number of carbonyl (C=O) groups excluding carboxylic acids is 4. The summed E-state index contributed by atoms with van der Waals surface area (Å²) in [6.07, 6.45) is 2.14. The average Bonchev–Trinajstić information content (AvgIpc) is 3.18. The van der Waals surface area contributed by atoms with E-state index in [1.807, 2.05) is 50.2 Å². The number of rotatable bonds is 6. The molecule has 194 valence electrons. The van der Waals surface area contributed by atoms with Gasteiger partial charge < -0.3 is 10.1 Å². The number of esters is 1. The minimum absolute atomic E-state index is 0.166. The van der Waals surface area contributed by atoms with E-state index in [4.69, 9.17) is 4.74 Å². The third kappa shape index (κ3) is 5.09.